The van der Waals surface area contributed by atoms with Crippen molar-refractivity contribution in [2.45, 2.75) is 38.5 Å². The van der Waals surface area contributed by atoms with E-state index < -0.39 is 25.4 Å². The maximum absolute atomic E-state index is 11.9. The third-order valence-electron chi connectivity index (χ3n) is 5.69. The molecule has 1 aliphatic heterocycles. The molecule has 0 atom stereocenters. The van der Waals surface area contributed by atoms with Crippen LogP contribution in [0.15, 0.2) is 61.2 Å². The Morgan fingerprint density at radius 1 is 0.821 bits per heavy atom. The fourth-order valence-electron chi connectivity index (χ4n) is 3.53. The van der Waals surface area contributed by atoms with Crippen LogP contribution < -0.4 is 14.9 Å². The molecule has 0 aromatic heterocycles. The molecule has 0 radical (unpaired) electrons. The van der Waals surface area contributed by atoms with E-state index in [0.717, 1.165) is 29.9 Å². The van der Waals surface area contributed by atoms with E-state index >= 15 is 0 Å². The Morgan fingerprint density at radius 2 is 1.33 bits per heavy atom. The molecule has 0 spiro atoms. The average molecular weight is 540 g/mol. The smallest absolute Gasteiger partial charge is 0.463 e. The molecule has 0 aliphatic carbocycles. The molecule has 1 fully saturated rings. The monoisotopic (exact) mass is 540 g/mol. The Morgan fingerprint density at radius 3 is 1.87 bits per heavy atom. The van der Waals surface area contributed by atoms with Crippen molar-refractivity contribution in [1.82, 2.24) is 0 Å². The summed E-state index contributed by atoms with van der Waals surface area (Å²) in [6.07, 6.45) is 2.38. The molecule has 0 amide bonds. The van der Waals surface area contributed by atoms with Crippen LogP contribution in [0.5, 0.6) is 11.5 Å². The zero-order chi connectivity index (χ0) is 27.9. The average Bonchev–Trinajstić information content (AvgIpc) is 2.96. The summed E-state index contributed by atoms with van der Waals surface area (Å²) in [5.74, 6) is 0.281. The van der Waals surface area contributed by atoms with E-state index in [2.05, 4.69) is 6.58 Å². The number of hydrogen-bond acceptors (Lipinski definition) is 10. The van der Waals surface area contributed by atoms with Gasteiger partial charge in [0.15, 0.2) is 0 Å². The van der Waals surface area contributed by atoms with Crippen LogP contribution in [0.3, 0.4) is 0 Å². The number of hydrogen-bond donors (Lipinski definition) is 0. The summed E-state index contributed by atoms with van der Waals surface area (Å²) in [4.78, 5) is 34.5. The van der Waals surface area contributed by atoms with Crippen LogP contribution in [-0.4, -0.2) is 58.4 Å². The number of esters is 1. The van der Waals surface area contributed by atoms with Gasteiger partial charge in [0.25, 0.3) is 0 Å². The van der Waals surface area contributed by atoms with E-state index in [1.165, 1.54) is 0 Å². The largest absolute Gasteiger partial charge is 0.513 e. The number of carbonyl (C=O) groups is 3. The first kappa shape index (κ1) is 29.7. The van der Waals surface area contributed by atoms with Gasteiger partial charge in [0.1, 0.15) is 11.5 Å². The van der Waals surface area contributed by atoms with Gasteiger partial charge in [-0.05, 0) is 54.6 Å². The number of unbranched alkanes of at least 4 members (excludes halogenated alkanes) is 2. The van der Waals surface area contributed by atoms with Gasteiger partial charge in [-0.25, -0.2) is 14.4 Å². The molecule has 1 heterocycles. The second-order valence-electron chi connectivity index (χ2n) is 8.67. The zero-order valence-electron chi connectivity index (χ0n) is 22.0. The topological polar surface area (TPSA) is 116 Å². The van der Waals surface area contributed by atoms with Gasteiger partial charge in [0.05, 0.1) is 19.8 Å². The van der Waals surface area contributed by atoms with Gasteiger partial charge in [-0.1, -0.05) is 44.2 Å². The lowest BCUT2D eigenvalue weighted by molar-refractivity contribution is -0.137. The van der Waals surface area contributed by atoms with Crippen molar-refractivity contribution in [3.8, 4) is 11.5 Å². The van der Waals surface area contributed by atoms with Crippen LogP contribution in [0.2, 0.25) is 0 Å². The van der Waals surface area contributed by atoms with Crippen LogP contribution in [0, 0.1) is 0 Å². The first-order valence-corrected chi connectivity index (χ1v) is 12.9. The fourth-order valence-corrected chi connectivity index (χ4v) is 3.53. The lowest BCUT2D eigenvalue weighted by atomic mass is 9.77. The molecule has 0 unspecified atom stereocenters. The lowest BCUT2D eigenvalue weighted by Gasteiger charge is -2.28. The van der Waals surface area contributed by atoms with Crippen molar-refractivity contribution < 1.29 is 47.4 Å². The van der Waals surface area contributed by atoms with Gasteiger partial charge in [-0.15, -0.1) is 0 Å². The summed E-state index contributed by atoms with van der Waals surface area (Å²) in [5, 5.41) is 0. The van der Waals surface area contributed by atoms with Crippen LogP contribution in [0.1, 0.15) is 44.1 Å². The summed E-state index contributed by atoms with van der Waals surface area (Å²) in [6, 6.07) is 14.0. The van der Waals surface area contributed by atoms with Crippen molar-refractivity contribution >= 4 is 30.9 Å². The number of carbonyl (C=O) groups excluding carboxylic acids is 3. The molecule has 208 valence electrons. The zero-order valence-corrected chi connectivity index (χ0v) is 22.0. The Bertz CT molecular complexity index is 1060. The number of ether oxygens (including phenoxy) is 5. The molecule has 0 saturated carbocycles. The van der Waals surface area contributed by atoms with Crippen molar-refractivity contribution in [2.24, 2.45) is 0 Å². The lowest BCUT2D eigenvalue weighted by Crippen LogP contribution is -2.43. The number of rotatable bonds is 13. The van der Waals surface area contributed by atoms with Gasteiger partial charge >= 0.3 is 25.4 Å². The van der Waals surface area contributed by atoms with Gasteiger partial charge in [0, 0.05) is 25.2 Å². The second-order valence-corrected chi connectivity index (χ2v) is 8.67. The molecule has 2 aromatic rings. The van der Waals surface area contributed by atoms with E-state index in [1.807, 2.05) is 19.1 Å². The highest BCUT2D eigenvalue weighted by Crippen LogP contribution is 2.24. The molecule has 0 N–H and O–H groups in total. The standard InChI is InChI=1S/C28H33BO10/c1-3-5-16-34-27(31)38-24-12-8-21(9-13-24)22-19-36-29(37-20-22)23-10-14-25(15-11-23)39-28(32)35-18-7-6-17-33-26(30)4-2/h4,8-15,22H,2-3,5-7,16-20H2,1H3. The van der Waals surface area contributed by atoms with Gasteiger partial charge in [0.2, 0.25) is 0 Å². The van der Waals surface area contributed by atoms with Crippen LogP contribution >= 0.6 is 0 Å². The second kappa shape index (κ2) is 16.2. The Balaban J connectivity index is 1.36. The quantitative estimate of drug-likeness (QED) is 0.0895. The Hall–Kier alpha value is -3.83. The molecule has 10 nitrogen and oxygen atoms in total. The SMILES string of the molecule is C=CC(=O)OCCCCOC(=O)Oc1ccc(B2OCC(c3ccc(OC(=O)OCCCC)cc3)CO2)cc1. The summed E-state index contributed by atoms with van der Waals surface area (Å²) in [7, 11) is -0.544. The van der Waals surface area contributed by atoms with Crippen molar-refractivity contribution in [3.05, 3.63) is 66.7 Å². The van der Waals surface area contributed by atoms with E-state index in [-0.39, 0.29) is 19.1 Å². The predicted octanol–water partition coefficient (Wildman–Crippen LogP) is 4.55. The van der Waals surface area contributed by atoms with E-state index in [0.29, 0.717) is 44.2 Å². The predicted molar refractivity (Wildman–Crippen MR) is 142 cm³/mol. The van der Waals surface area contributed by atoms with E-state index in [1.54, 1.807) is 36.4 Å². The molecular formula is C28H33BO10. The molecule has 39 heavy (non-hydrogen) atoms. The molecular weight excluding hydrogens is 507 g/mol. The van der Waals surface area contributed by atoms with Crippen molar-refractivity contribution in [1.29, 1.82) is 0 Å². The minimum absolute atomic E-state index is 0.0261. The fraction of sp³-hybridized carbons (Fsp3) is 0.393. The van der Waals surface area contributed by atoms with Crippen LogP contribution in [0.25, 0.3) is 0 Å². The van der Waals surface area contributed by atoms with Gasteiger partial charge in [-0.2, -0.15) is 0 Å². The molecule has 3 rings (SSSR count). The van der Waals surface area contributed by atoms with Crippen LogP contribution in [0.4, 0.5) is 9.59 Å². The van der Waals surface area contributed by atoms with Crippen LogP contribution in [-0.2, 0) is 28.3 Å². The number of benzene rings is 2. The van der Waals surface area contributed by atoms with Gasteiger partial charge < -0.3 is 33.0 Å². The highest BCUT2D eigenvalue weighted by atomic mass is 16.7. The Kier molecular flexibility index (Phi) is 12.4. The molecule has 11 heteroatoms. The molecule has 1 aliphatic rings. The third-order valence-corrected chi connectivity index (χ3v) is 5.69. The summed E-state index contributed by atoms with van der Waals surface area (Å²) < 4.78 is 37.0. The molecule has 1 saturated heterocycles. The van der Waals surface area contributed by atoms with Crippen molar-refractivity contribution in [3.63, 3.8) is 0 Å². The van der Waals surface area contributed by atoms with Crippen molar-refractivity contribution in [2.75, 3.05) is 33.0 Å². The maximum atomic E-state index is 11.9. The Labute approximate surface area is 228 Å². The van der Waals surface area contributed by atoms with E-state index in [9.17, 15) is 14.4 Å². The highest BCUT2D eigenvalue weighted by molar-refractivity contribution is 6.61. The maximum Gasteiger partial charge on any atom is 0.513 e. The minimum Gasteiger partial charge on any atom is -0.463 e. The normalized spacial score (nSPS) is 13.3. The third kappa shape index (κ3) is 10.5. The molecule has 2 aromatic carbocycles. The first-order valence-electron chi connectivity index (χ1n) is 12.9. The minimum atomic E-state index is -0.816. The highest BCUT2D eigenvalue weighted by Gasteiger charge is 2.30. The first-order chi connectivity index (χ1) is 19.0. The summed E-state index contributed by atoms with van der Waals surface area (Å²) in [5.41, 5.74) is 1.79. The summed E-state index contributed by atoms with van der Waals surface area (Å²) in [6.45, 7) is 6.94. The molecule has 0 bridgehead atoms. The summed E-state index contributed by atoms with van der Waals surface area (Å²) >= 11 is 0. The van der Waals surface area contributed by atoms with Gasteiger partial charge in [-0.3, -0.25) is 0 Å². The van der Waals surface area contributed by atoms with E-state index in [4.69, 9.17) is 33.0 Å².